The Labute approximate surface area is 196 Å². The predicted octanol–water partition coefficient (Wildman–Crippen LogP) is 3.92. The summed E-state index contributed by atoms with van der Waals surface area (Å²) in [6.45, 7) is 8.46. The van der Waals surface area contributed by atoms with Crippen LogP contribution in [0.15, 0.2) is 60.3 Å². The Morgan fingerprint density at radius 3 is 2.70 bits per heavy atom. The molecule has 1 aromatic heterocycles. The number of allylic oxidation sites excluding steroid dienone is 1. The average molecular weight is 468 g/mol. The van der Waals surface area contributed by atoms with E-state index >= 15 is 0 Å². The Hall–Kier alpha value is -3.46. The molecule has 2 amide bonds. The molecule has 0 bridgehead atoms. The van der Waals surface area contributed by atoms with Crippen molar-refractivity contribution in [3.05, 3.63) is 83.5 Å². The van der Waals surface area contributed by atoms with Gasteiger partial charge in [-0.1, -0.05) is 42.1 Å². The number of carbonyl (C=O) groups excluding carboxylic acids is 2. The van der Waals surface area contributed by atoms with Crippen LogP contribution in [0.3, 0.4) is 0 Å². The van der Waals surface area contributed by atoms with Crippen molar-refractivity contribution in [3.63, 3.8) is 0 Å². The summed E-state index contributed by atoms with van der Waals surface area (Å²) >= 11 is 1.28. The highest BCUT2D eigenvalue weighted by atomic mass is 32.2. The van der Waals surface area contributed by atoms with Crippen molar-refractivity contribution in [2.45, 2.75) is 32.0 Å². The third-order valence-electron chi connectivity index (χ3n) is 5.07. The lowest BCUT2D eigenvalue weighted by Crippen LogP contribution is -2.27. The molecule has 0 unspecified atom stereocenters. The van der Waals surface area contributed by atoms with Crippen LogP contribution in [0, 0.1) is 19.7 Å². The summed E-state index contributed by atoms with van der Waals surface area (Å²) in [5.74, 6) is -0.378. The van der Waals surface area contributed by atoms with E-state index in [1.54, 1.807) is 12.1 Å². The topological polar surface area (TPSA) is 88.9 Å². The van der Waals surface area contributed by atoms with E-state index in [4.69, 9.17) is 0 Å². The normalized spacial score (nSPS) is 10.6. The van der Waals surface area contributed by atoms with Gasteiger partial charge in [0.2, 0.25) is 5.91 Å². The molecule has 9 heteroatoms. The number of carbonyl (C=O) groups is 2. The fraction of sp³-hybridized carbons (Fsp3) is 0.250. The Morgan fingerprint density at radius 2 is 1.94 bits per heavy atom. The molecule has 0 aliphatic rings. The zero-order valence-electron chi connectivity index (χ0n) is 18.6. The molecule has 0 aliphatic carbocycles. The van der Waals surface area contributed by atoms with Gasteiger partial charge in [-0.25, -0.2) is 4.39 Å². The van der Waals surface area contributed by atoms with E-state index in [2.05, 4.69) is 27.4 Å². The largest absolute Gasteiger partial charge is 0.351 e. The third-order valence-corrected chi connectivity index (χ3v) is 6.04. The lowest BCUT2D eigenvalue weighted by molar-refractivity contribution is -0.113. The summed E-state index contributed by atoms with van der Waals surface area (Å²) in [5.41, 5.74) is 2.93. The first-order valence-electron chi connectivity index (χ1n) is 10.4. The Kier molecular flexibility index (Phi) is 8.37. The standard InChI is InChI=1S/C24H26FN5O2S/c1-4-14-30-21(12-13-26-23(32)18-9-5-6-10-19(18)25)28-29-24(30)33-15-22(31)27-20-11-7-8-16(2)17(20)3/h4-11H,1,12-15H2,2-3H3,(H,26,32)(H,27,31). The minimum Gasteiger partial charge on any atom is -0.351 e. The van der Waals surface area contributed by atoms with Crippen molar-refractivity contribution in [2.75, 3.05) is 17.6 Å². The van der Waals surface area contributed by atoms with E-state index in [0.29, 0.717) is 23.9 Å². The van der Waals surface area contributed by atoms with Crippen LogP contribution in [0.2, 0.25) is 0 Å². The molecule has 1 heterocycles. The molecule has 2 aromatic carbocycles. The van der Waals surface area contributed by atoms with E-state index in [1.165, 1.54) is 30.0 Å². The molecule has 0 atom stereocenters. The molecule has 0 fully saturated rings. The van der Waals surface area contributed by atoms with E-state index in [1.807, 2.05) is 36.6 Å². The molecule has 0 saturated heterocycles. The number of aryl methyl sites for hydroxylation is 1. The summed E-state index contributed by atoms with van der Waals surface area (Å²) in [6, 6.07) is 11.6. The number of benzene rings is 2. The van der Waals surface area contributed by atoms with Crippen LogP contribution in [0.5, 0.6) is 0 Å². The number of anilines is 1. The highest BCUT2D eigenvalue weighted by Crippen LogP contribution is 2.21. The molecule has 7 nitrogen and oxygen atoms in total. The van der Waals surface area contributed by atoms with Crippen molar-refractivity contribution in [1.29, 1.82) is 0 Å². The first-order chi connectivity index (χ1) is 15.9. The van der Waals surface area contributed by atoms with Gasteiger partial charge in [-0.2, -0.15) is 0 Å². The number of hydrogen-bond acceptors (Lipinski definition) is 5. The Bertz CT molecular complexity index is 1160. The van der Waals surface area contributed by atoms with Crippen molar-refractivity contribution in [3.8, 4) is 0 Å². The van der Waals surface area contributed by atoms with Gasteiger partial charge in [0.1, 0.15) is 11.6 Å². The van der Waals surface area contributed by atoms with Crippen LogP contribution < -0.4 is 10.6 Å². The minimum atomic E-state index is -0.567. The molecule has 3 aromatic rings. The van der Waals surface area contributed by atoms with E-state index < -0.39 is 11.7 Å². The van der Waals surface area contributed by atoms with Gasteiger partial charge in [0, 0.05) is 25.2 Å². The Balaban J connectivity index is 1.58. The summed E-state index contributed by atoms with van der Waals surface area (Å²) in [7, 11) is 0. The summed E-state index contributed by atoms with van der Waals surface area (Å²) < 4.78 is 15.6. The molecular weight excluding hydrogens is 441 g/mol. The van der Waals surface area contributed by atoms with Crippen molar-refractivity contribution < 1.29 is 14.0 Å². The second kappa shape index (κ2) is 11.4. The van der Waals surface area contributed by atoms with E-state index in [-0.39, 0.29) is 23.8 Å². The SMILES string of the molecule is C=CCn1c(CCNC(=O)c2ccccc2F)nnc1SCC(=O)Nc1cccc(C)c1C. The van der Waals surface area contributed by atoms with Gasteiger partial charge in [0.15, 0.2) is 5.16 Å². The second-order valence-corrected chi connectivity index (χ2v) is 8.31. The summed E-state index contributed by atoms with van der Waals surface area (Å²) in [5, 5.41) is 14.6. The Morgan fingerprint density at radius 1 is 1.15 bits per heavy atom. The van der Waals surface area contributed by atoms with E-state index in [9.17, 15) is 14.0 Å². The highest BCUT2D eigenvalue weighted by Gasteiger charge is 2.15. The zero-order valence-corrected chi connectivity index (χ0v) is 19.4. The van der Waals surface area contributed by atoms with Gasteiger partial charge in [0.25, 0.3) is 5.91 Å². The lowest BCUT2D eigenvalue weighted by Gasteiger charge is -2.11. The quantitative estimate of drug-likeness (QED) is 0.349. The first-order valence-corrected chi connectivity index (χ1v) is 11.4. The molecule has 172 valence electrons. The molecular formula is C24H26FN5O2S. The van der Waals surface area contributed by atoms with Gasteiger partial charge in [-0.3, -0.25) is 9.59 Å². The van der Waals surface area contributed by atoms with Crippen LogP contribution in [0.4, 0.5) is 10.1 Å². The molecule has 0 saturated carbocycles. The smallest absolute Gasteiger partial charge is 0.254 e. The monoisotopic (exact) mass is 467 g/mol. The number of hydrogen-bond donors (Lipinski definition) is 2. The first kappa shape index (κ1) is 24.2. The van der Waals surface area contributed by atoms with Gasteiger partial charge < -0.3 is 15.2 Å². The fourth-order valence-electron chi connectivity index (χ4n) is 3.15. The maximum atomic E-state index is 13.8. The molecule has 0 spiro atoms. The van der Waals surface area contributed by atoms with Gasteiger partial charge in [-0.15, -0.1) is 16.8 Å². The maximum absolute atomic E-state index is 13.8. The predicted molar refractivity (Wildman–Crippen MR) is 128 cm³/mol. The molecule has 0 radical (unpaired) electrons. The number of nitrogens with one attached hydrogen (secondary N) is 2. The number of thioether (sulfide) groups is 1. The summed E-state index contributed by atoms with van der Waals surface area (Å²) in [4.78, 5) is 24.6. The molecule has 33 heavy (non-hydrogen) atoms. The van der Waals surface area contributed by atoms with Gasteiger partial charge in [-0.05, 0) is 43.2 Å². The lowest BCUT2D eigenvalue weighted by atomic mass is 10.1. The van der Waals surface area contributed by atoms with Gasteiger partial charge >= 0.3 is 0 Å². The maximum Gasteiger partial charge on any atom is 0.254 e. The van der Waals surface area contributed by atoms with Crippen LogP contribution >= 0.6 is 11.8 Å². The number of halogens is 1. The van der Waals surface area contributed by atoms with Crippen molar-refractivity contribution in [1.82, 2.24) is 20.1 Å². The van der Waals surface area contributed by atoms with E-state index in [0.717, 1.165) is 16.8 Å². The minimum absolute atomic E-state index is 0.00355. The highest BCUT2D eigenvalue weighted by molar-refractivity contribution is 7.99. The zero-order chi connectivity index (χ0) is 23.8. The third kappa shape index (κ3) is 6.29. The number of aromatic nitrogens is 3. The second-order valence-electron chi connectivity index (χ2n) is 7.37. The van der Waals surface area contributed by atoms with Crippen molar-refractivity contribution >= 4 is 29.3 Å². The average Bonchev–Trinajstić information content (AvgIpc) is 3.17. The van der Waals surface area contributed by atoms with Crippen LogP contribution in [-0.2, 0) is 17.8 Å². The number of nitrogens with zero attached hydrogens (tertiary/aromatic N) is 3. The van der Waals surface area contributed by atoms with Crippen molar-refractivity contribution in [2.24, 2.45) is 0 Å². The number of rotatable bonds is 10. The molecule has 3 rings (SSSR count). The van der Waals surface area contributed by atoms with Gasteiger partial charge in [0.05, 0.1) is 11.3 Å². The van der Waals surface area contributed by atoms with Crippen LogP contribution in [0.1, 0.15) is 27.3 Å². The fourth-order valence-corrected chi connectivity index (χ4v) is 3.92. The number of amides is 2. The molecule has 2 N–H and O–H groups in total. The summed E-state index contributed by atoms with van der Waals surface area (Å²) in [6.07, 6.45) is 2.11. The van der Waals surface area contributed by atoms with Crippen LogP contribution in [0.25, 0.3) is 0 Å². The molecule has 0 aliphatic heterocycles. The van der Waals surface area contributed by atoms with Crippen LogP contribution in [-0.4, -0.2) is 38.9 Å².